The van der Waals surface area contributed by atoms with Gasteiger partial charge in [-0.15, -0.1) is 0 Å². The molecule has 0 saturated carbocycles. The van der Waals surface area contributed by atoms with Crippen molar-refractivity contribution in [2.24, 2.45) is 5.92 Å². The van der Waals surface area contributed by atoms with Crippen LogP contribution in [0.1, 0.15) is 54.0 Å². The molecule has 0 aromatic heterocycles. The van der Waals surface area contributed by atoms with Gasteiger partial charge in [0.25, 0.3) is 5.91 Å². The molecule has 21 heavy (non-hydrogen) atoms. The summed E-state index contributed by atoms with van der Waals surface area (Å²) in [5.41, 5.74) is 1.37. The van der Waals surface area contributed by atoms with Crippen molar-refractivity contribution >= 4 is 5.91 Å². The second-order valence-corrected chi connectivity index (χ2v) is 7.08. The molecule has 3 nitrogen and oxygen atoms in total. The van der Waals surface area contributed by atoms with E-state index in [2.05, 4.69) is 52.1 Å². The minimum atomic E-state index is -0.494. The molecule has 0 aliphatic carbocycles. The van der Waals surface area contributed by atoms with Crippen molar-refractivity contribution in [1.29, 1.82) is 0 Å². The van der Waals surface area contributed by atoms with Crippen molar-refractivity contribution in [1.82, 2.24) is 5.32 Å². The van der Waals surface area contributed by atoms with Crippen LogP contribution in [0.15, 0.2) is 24.3 Å². The Bertz CT molecular complexity index is 457. The molecule has 1 amide bonds. The van der Waals surface area contributed by atoms with Crippen LogP contribution in [0.25, 0.3) is 0 Å². The summed E-state index contributed by atoms with van der Waals surface area (Å²) in [6.07, 6.45) is -0.494. The van der Waals surface area contributed by atoms with E-state index in [1.54, 1.807) is 6.92 Å². The highest BCUT2D eigenvalue weighted by Crippen LogP contribution is 2.24. The fourth-order valence-electron chi connectivity index (χ4n) is 1.80. The standard InChI is InChI=1S/C18H29NO2/c1-12(2)13(3)19-17(20)14(4)21-16-10-8-15(9-11-16)18(5,6)7/h8-14H,1-7H3,(H,19,20). The predicted molar refractivity (Wildman–Crippen MR) is 87.7 cm³/mol. The fraction of sp³-hybridized carbons (Fsp3) is 0.611. The molecular weight excluding hydrogens is 262 g/mol. The van der Waals surface area contributed by atoms with Crippen molar-refractivity contribution in [3.63, 3.8) is 0 Å². The molecule has 0 aliphatic rings. The Morgan fingerprint density at radius 3 is 2.00 bits per heavy atom. The first-order valence-corrected chi connectivity index (χ1v) is 7.69. The van der Waals surface area contributed by atoms with E-state index >= 15 is 0 Å². The maximum atomic E-state index is 12.1. The number of ether oxygens (including phenoxy) is 1. The molecule has 0 fully saturated rings. The van der Waals surface area contributed by atoms with Crippen molar-refractivity contribution < 1.29 is 9.53 Å². The van der Waals surface area contributed by atoms with Crippen LogP contribution in [-0.2, 0) is 10.2 Å². The Morgan fingerprint density at radius 1 is 1.05 bits per heavy atom. The maximum absolute atomic E-state index is 12.1. The largest absolute Gasteiger partial charge is 0.481 e. The van der Waals surface area contributed by atoms with E-state index < -0.39 is 6.10 Å². The Kier molecular flexibility index (Phi) is 5.82. The first-order chi connectivity index (χ1) is 9.61. The second-order valence-electron chi connectivity index (χ2n) is 7.08. The quantitative estimate of drug-likeness (QED) is 0.893. The van der Waals surface area contributed by atoms with E-state index in [4.69, 9.17) is 4.74 Å². The minimum absolute atomic E-state index is 0.0731. The highest BCUT2D eigenvalue weighted by Gasteiger charge is 2.19. The molecular formula is C18H29NO2. The molecule has 0 radical (unpaired) electrons. The lowest BCUT2D eigenvalue weighted by atomic mass is 9.87. The smallest absolute Gasteiger partial charge is 0.260 e. The Hall–Kier alpha value is -1.51. The summed E-state index contributed by atoms with van der Waals surface area (Å²) in [6, 6.07) is 8.10. The van der Waals surface area contributed by atoms with E-state index in [0.29, 0.717) is 5.92 Å². The van der Waals surface area contributed by atoms with Gasteiger partial charge >= 0.3 is 0 Å². The number of amides is 1. The zero-order valence-corrected chi connectivity index (χ0v) is 14.4. The van der Waals surface area contributed by atoms with Crippen LogP contribution >= 0.6 is 0 Å². The van der Waals surface area contributed by atoms with E-state index in [1.165, 1.54) is 5.56 Å². The average molecular weight is 291 g/mol. The van der Waals surface area contributed by atoms with Crippen LogP contribution in [-0.4, -0.2) is 18.1 Å². The number of nitrogens with one attached hydrogen (secondary N) is 1. The fourth-order valence-corrected chi connectivity index (χ4v) is 1.80. The van der Waals surface area contributed by atoms with Gasteiger partial charge in [-0.05, 0) is 42.9 Å². The van der Waals surface area contributed by atoms with E-state index in [1.807, 2.05) is 19.1 Å². The first-order valence-electron chi connectivity index (χ1n) is 7.69. The highest BCUT2D eigenvalue weighted by molar-refractivity contribution is 5.81. The van der Waals surface area contributed by atoms with E-state index in [0.717, 1.165) is 5.75 Å². The van der Waals surface area contributed by atoms with Crippen molar-refractivity contribution in [2.45, 2.75) is 66.0 Å². The number of benzene rings is 1. The van der Waals surface area contributed by atoms with E-state index in [9.17, 15) is 4.79 Å². The first kappa shape index (κ1) is 17.5. The molecule has 118 valence electrons. The van der Waals surface area contributed by atoms with Gasteiger partial charge < -0.3 is 10.1 Å². The Balaban J connectivity index is 2.62. The van der Waals surface area contributed by atoms with Gasteiger partial charge in [0.1, 0.15) is 5.75 Å². The monoisotopic (exact) mass is 291 g/mol. The zero-order valence-electron chi connectivity index (χ0n) is 14.4. The molecule has 3 heteroatoms. The number of hydrogen-bond acceptors (Lipinski definition) is 2. The molecule has 0 bridgehead atoms. The SMILES string of the molecule is CC(Oc1ccc(C(C)(C)C)cc1)C(=O)NC(C)C(C)C. The molecule has 1 aromatic rings. The Morgan fingerprint density at radius 2 is 1.57 bits per heavy atom. The van der Waals surface area contributed by atoms with Gasteiger partial charge in [0.15, 0.2) is 6.10 Å². The lowest BCUT2D eigenvalue weighted by Gasteiger charge is -2.22. The molecule has 2 unspecified atom stereocenters. The third-order valence-corrected chi connectivity index (χ3v) is 3.77. The number of carbonyl (C=O) groups excluding carboxylic acids is 1. The van der Waals surface area contributed by atoms with E-state index in [-0.39, 0.29) is 17.4 Å². The van der Waals surface area contributed by atoms with Gasteiger partial charge in [-0.2, -0.15) is 0 Å². The van der Waals surface area contributed by atoms with Crippen molar-refractivity contribution in [3.05, 3.63) is 29.8 Å². The molecule has 2 atom stereocenters. The number of carbonyl (C=O) groups is 1. The summed E-state index contributed by atoms with van der Waals surface area (Å²) in [5.74, 6) is 1.06. The van der Waals surface area contributed by atoms with Crippen LogP contribution in [0.5, 0.6) is 5.75 Å². The third-order valence-electron chi connectivity index (χ3n) is 3.77. The van der Waals surface area contributed by atoms with Crippen LogP contribution in [0.3, 0.4) is 0 Å². The normalized spacial score (nSPS) is 14.7. The van der Waals surface area contributed by atoms with Gasteiger partial charge in [-0.25, -0.2) is 0 Å². The number of hydrogen-bond donors (Lipinski definition) is 1. The van der Waals surface area contributed by atoms with Crippen LogP contribution < -0.4 is 10.1 Å². The molecule has 0 heterocycles. The molecule has 0 spiro atoms. The van der Waals surface area contributed by atoms with Gasteiger partial charge in [0, 0.05) is 6.04 Å². The second kappa shape index (κ2) is 6.97. The molecule has 1 aromatic carbocycles. The molecule has 0 aliphatic heterocycles. The number of rotatable bonds is 5. The predicted octanol–water partition coefficient (Wildman–Crippen LogP) is 3.91. The van der Waals surface area contributed by atoms with Gasteiger partial charge in [-0.3, -0.25) is 4.79 Å². The third kappa shape index (κ3) is 5.41. The summed E-state index contributed by atoms with van der Waals surface area (Å²) < 4.78 is 5.71. The summed E-state index contributed by atoms with van der Waals surface area (Å²) in [7, 11) is 0. The lowest BCUT2D eigenvalue weighted by Crippen LogP contribution is -2.43. The van der Waals surface area contributed by atoms with Gasteiger partial charge in [-0.1, -0.05) is 46.8 Å². The maximum Gasteiger partial charge on any atom is 0.260 e. The highest BCUT2D eigenvalue weighted by atomic mass is 16.5. The lowest BCUT2D eigenvalue weighted by molar-refractivity contribution is -0.128. The summed E-state index contributed by atoms with van der Waals surface area (Å²) >= 11 is 0. The molecule has 0 saturated heterocycles. The summed E-state index contributed by atoms with van der Waals surface area (Å²) in [6.45, 7) is 14.5. The van der Waals surface area contributed by atoms with Crippen molar-refractivity contribution in [2.75, 3.05) is 0 Å². The van der Waals surface area contributed by atoms with Gasteiger partial charge in [0.05, 0.1) is 0 Å². The van der Waals surface area contributed by atoms with Crippen LogP contribution in [0.2, 0.25) is 0 Å². The molecule has 1 rings (SSSR count). The molecule has 1 N–H and O–H groups in total. The average Bonchev–Trinajstić information content (AvgIpc) is 2.37. The summed E-state index contributed by atoms with van der Waals surface area (Å²) in [4.78, 5) is 12.1. The van der Waals surface area contributed by atoms with Gasteiger partial charge in [0.2, 0.25) is 0 Å². The topological polar surface area (TPSA) is 38.3 Å². The van der Waals surface area contributed by atoms with Crippen LogP contribution in [0.4, 0.5) is 0 Å². The van der Waals surface area contributed by atoms with Crippen molar-refractivity contribution in [3.8, 4) is 5.75 Å². The zero-order chi connectivity index (χ0) is 16.2. The van der Waals surface area contributed by atoms with Crippen LogP contribution in [0, 0.1) is 5.92 Å². The Labute approximate surface area is 129 Å². The summed E-state index contributed by atoms with van der Waals surface area (Å²) in [5, 5.41) is 2.97. The minimum Gasteiger partial charge on any atom is -0.481 e.